The van der Waals surface area contributed by atoms with Gasteiger partial charge in [0.05, 0.1) is 12.2 Å². The molecule has 1 aliphatic heterocycles. The fraction of sp³-hybridized carbons (Fsp3) is 0.524. The van der Waals surface area contributed by atoms with Crippen LogP contribution in [0.4, 0.5) is 0 Å². The lowest BCUT2D eigenvalue weighted by atomic mass is 10.0. The topological polar surface area (TPSA) is 41.4 Å². The third kappa shape index (κ3) is 3.68. The number of amides is 1. The molecule has 2 aromatic rings. The second kappa shape index (κ2) is 7.23. The lowest BCUT2D eigenvalue weighted by Gasteiger charge is -2.27. The van der Waals surface area contributed by atoms with Crippen molar-refractivity contribution in [1.82, 2.24) is 19.6 Å². The molecule has 0 spiro atoms. The summed E-state index contributed by atoms with van der Waals surface area (Å²) in [6.45, 7) is 3.36. The molecule has 1 unspecified atom stereocenters. The van der Waals surface area contributed by atoms with E-state index < -0.39 is 0 Å². The molecule has 0 N–H and O–H groups in total. The van der Waals surface area contributed by atoms with E-state index in [1.54, 1.807) is 0 Å². The summed E-state index contributed by atoms with van der Waals surface area (Å²) in [6, 6.07) is 10.7. The normalized spacial score (nSPS) is 20.1. The molecule has 2 aliphatic rings. The summed E-state index contributed by atoms with van der Waals surface area (Å²) in [5.74, 6) is 1.15. The SMILES string of the molecule is CN(C)CC1CN(C(=O)CC2Cc3ccccc3C2)Cc2ccnn2C1. The summed E-state index contributed by atoms with van der Waals surface area (Å²) < 4.78 is 2.08. The van der Waals surface area contributed by atoms with Gasteiger partial charge in [-0.25, -0.2) is 0 Å². The first-order chi connectivity index (χ1) is 12.6. The van der Waals surface area contributed by atoms with Gasteiger partial charge in [-0.15, -0.1) is 0 Å². The van der Waals surface area contributed by atoms with Crippen molar-refractivity contribution in [1.29, 1.82) is 0 Å². The maximum atomic E-state index is 13.1. The number of carbonyl (C=O) groups excluding carboxylic acids is 1. The molecule has 0 bridgehead atoms. The van der Waals surface area contributed by atoms with Crippen LogP contribution in [0.2, 0.25) is 0 Å². The van der Waals surface area contributed by atoms with Crippen LogP contribution < -0.4 is 0 Å². The Morgan fingerprint density at radius 2 is 1.85 bits per heavy atom. The molecule has 26 heavy (non-hydrogen) atoms. The van der Waals surface area contributed by atoms with E-state index in [2.05, 4.69) is 57.9 Å². The van der Waals surface area contributed by atoms with E-state index in [9.17, 15) is 4.79 Å². The first-order valence-electron chi connectivity index (χ1n) is 9.58. The molecular weight excluding hydrogens is 324 g/mol. The van der Waals surface area contributed by atoms with Crippen molar-refractivity contribution in [2.75, 3.05) is 27.2 Å². The van der Waals surface area contributed by atoms with Gasteiger partial charge in [-0.05, 0) is 50.0 Å². The summed E-state index contributed by atoms with van der Waals surface area (Å²) in [4.78, 5) is 17.4. The highest BCUT2D eigenvalue weighted by Gasteiger charge is 2.29. The number of carbonyl (C=O) groups is 1. The Bertz CT molecular complexity index is 757. The van der Waals surface area contributed by atoms with Crippen molar-refractivity contribution in [3.8, 4) is 0 Å². The van der Waals surface area contributed by atoms with Gasteiger partial charge in [-0.1, -0.05) is 24.3 Å². The third-order valence-electron chi connectivity index (χ3n) is 5.64. The summed E-state index contributed by atoms with van der Waals surface area (Å²) in [7, 11) is 4.19. The minimum absolute atomic E-state index is 0.293. The quantitative estimate of drug-likeness (QED) is 0.847. The van der Waals surface area contributed by atoms with E-state index >= 15 is 0 Å². The molecule has 5 nitrogen and oxygen atoms in total. The van der Waals surface area contributed by atoms with E-state index in [1.807, 2.05) is 12.3 Å². The lowest BCUT2D eigenvalue weighted by Crippen LogP contribution is -2.38. The Balaban J connectivity index is 1.45. The van der Waals surface area contributed by atoms with Crippen LogP contribution in [0.1, 0.15) is 23.2 Å². The van der Waals surface area contributed by atoms with Crippen molar-refractivity contribution in [3.63, 3.8) is 0 Å². The van der Waals surface area contributed by atoms with Gasteiger partial charge in [0, 0.05) is 38.2 Å². The van der Waals surface area contributed by atoms with Gasteiger partial charge in [0.1, 0.15) is 0 Å². The lowest BCUT2D eigenvalue weighted by molar-refractivity contribution is -0.133. The Morgan fingerprint density at radius 3 is 2.54 bits per heavy atom. The van der Waals surface area contributed by atoms with Crippen LogP contribution in [0.5, 0.6) is 0 Å². The van der Waals surface area contributed by atoms with E-state index in [0.29, 0.717) is 30.7 Å². The molecule has 1 atom stereocenters. The number of nitrogens with zero attached hydrogens (tertiary/aromatic N) is 4. The summed E-state index contributed by atoms with van der Waals surface area (Å²) in [5.41, 5.74) is 3.99. The molecule has 5 heteroatoms. The van der Waals surface area contributed by atoms with Gasteiger partial charge >= 0.3 is 0 Å². The molecule has 1 aromatic carbocycles. The Hall–Kier alpha value is -2.14. The van der Waals surface area contributed by atoms with E-state index in [0.717, 1.165) is 38.2 Å². The van der Waals surface area contributed by atoms with Crippen molar-refractivity contribution < 1.29 is 4.79 Å². The maximum absolute atomic E-state index is 13.1. The van der Waals surface area contributed by atoms with Crippen molar-refractivity contribution in [2.24, 2.45) is 11.8 Å². The number of fused-ring (bicyclic) bond motifs is 2. The summed E-state index contributed by atoms with van der Waals surface area (Å²) >= 11 is 0. The van der Waals surface area contributed by atoms with Gasteiger partial charge in [-0.3, -0.25) is 9.48 Å². The van der Waals surface area contributed by atoms with Crippen LogP contribution in [0.15, 0.2) is 36.5 Å². The van der Waals surface area contributed by atoms with Crippen molar-refractivity contribution >= 4 is 5.91 Å². The third-order valence-corrected chi connectivity index (χ3v) is 5.64. The first kappa shape index (κ1) is 17.3. The minimum Gasteiger partial charge on any atom is -0.336 e. The molecule has 1 aromatic heterocycles. The van der Waals surface area contributed by atoms with Crippen LogP contribution in [0.3, 0.4) is 0 Å². The van der Waals surface area contributed by atoms with Crippen molar-refractivity contribution in [2.45, 2.75) is 32.4 Å². The maximum Gasteiger partial charge on any atom is 0.223 e. The zero-order valence-electron chi connectivity index (χ0n) is 15.8. The van der Waals surface area contributed by atoms with Crippen LogP contribution in [0, 0.1) is 11.8 Å². The fourth-order valence-electron chi connectivity index (χ4n) is 4.53. The molecule has 2 heterocycles. The van der Waals surface area contributed by atoms with Gasteiger partial charge < -0.3 is 9.80 Å². The van der Waals surface area contributed by atoms with E-state index in [4.69, 9.17) is 0 Å². The van der Waals surface area contributed by atoms with Gasteiger partial charge in [0.15, 0.2) is 0 Å². The van der Waals surface area contributed by atoms with Gasteiger partial charge in [0.2, 0.25) is 5.91 Å². The average Bonchev–Trinajstić information content (AvgIpc) is 3.16. The number of rotatable bonds is 4. The van der Waals surface area contributed by atoms with Crippen LogP contribution in [-0.4, -0.2) is 52.7 Å². The standard InChI is InChI=1S/C21H28N4O/c1-23(2)12-17-13-24(15-20-7-8-22-25(20)14-17)21(26)11-16-9-18-5-3-4-6-19(18)10-16/h3-8,16-17H,9-15H2,1-2H3. The fourth-order valence-corrected chi connectivity index (χ4v) is 4.53. The minimum atomic E-state index is 0.293. The average molecular weight is 352 g/mol. The molecule has 0 saturated carbocycles. The van der Waals surface area contributed by atoms with E-state index in [-0.39, 0.29) is 0 Å². The Morgan fingerprint density at radius 1 is 1.12 bits per heavy atom. The second-order valence-corrected chi connectivity index (χ2v) is 8.15. The Kier molecular flexibility index (Phi) is 4.81. The molecule has 138 valence electrons. The predicted molar refractivity (Wildman–Crippen MR) is 102 cm³/mol. The largest absolute Gasteiger partial charge is 0.336 e. The van der Waals surface area contributed by atoms with Crippen LogP contribution in [-0.2, 0) is 30.7 Å². The highest BCUT2D eigenvalue weighted by molar-refractivity contribution is 5.76. The first-order valence-corrected chi connectivity index (χ1v) is 9.58. The number of hydrogen-bond donors (Lipinski definition) is 0. The molecule has 1 aliphatic carbocycles. The molecule has 0 fully saturated rings. The van der Waals surface area contributed by atoms with Gasteiger partial charge in [-0.2, -0.15) is 5.10 Å². The number of hydrogen-bond acceptors (Lipinski definition) is 3. The molecule has 0 saturated heterocycles. The predicted octanol–water partition coefficient (Wildman–Crippen LogP) is 2.21. The van der Waals surface area contributed by atoms with Gasteiger partial charge in [0.25, 0.3) is 0 Å². The highest BCUT2D eigenvalue weighted by Crippen LogP contribution is 2.29. The second-order valence-electron chi connectivity index (χ2n) is 8.15. The molecular formula is C21H28N4O. The molecule has 0 radical (unpaired) electrons. The highest BCUT2D eigenvalue weighted by atomic mass is 16.2. The van der Waals surface area contributed by atoms with Crippen LogP contribution >= 0.6 is 0 Å². The van der Waals surface area contributed by atoms with E-state index in [1.165, 1.54) is 11.1 Å². The van der Waals surface area contributed by atoms with Crippen LogP contribution in [0.25, 0.3) is 0 Å². The smallest absolute Gasteiger partial charge is 0.223 e. The number of aromatic nitrogens is 2. The van der Waals surface area contributed by atoms with Crippen molar-refractivity contribution in [3.05, 3.63) is 53.3 Å². The Labute approximate surface area is 155 Å². The zero-order valence-corrected chi connectivity index (χ0v) is 15.8. The molecule has 4 rings (SSSR count). The summed E-state index contributed by atoms with van der Waals surface area (Å²) in [5, 5.41) is 4.46. The summed E-state index contributed by atoms with van der Waals surface area (Å²) in [6.07, 6.45) is 4.57. The number of benzene rings is 1. The monoisotopic (exact) mass is 352 g/mol. The molecule has 1 amide bonds. The zero-order chi connectivity index (χ0) is 18.1.